The lowest BCUT2D eigenvalue weighted by atomic mass is 10.1. The quantitative estimate of drug-likeness (QED) is 0.165. The number of carbonyl (C=O) groups is 2. The Morgan fingerprint density at radius 2 is 1.73 bits per heavy atom. The van der Waals surface area contributed by atoms with Crippen LogP contribution in [0.3, 0.4) is 0 Å². The highest BCUT2D eigenvalue weighted by molar-refractivity contribution is 8.27. The molecule has 5 aromatic rings. The first-order valence-electron chi connectivity index (χ1n) is 12.9. The van der Waals surface area contributed by atoms with Crippen LogP contribution in [0.1, 0.15) is 27.0 Å². The van der Waals surface area contributed by atoms with Crippen LogP contribution in [-0.2, 0) is 11.3 Å². The van der Waals surface area contributed by atoms with Crippen LogP contribution in [0.15, 0.2) is 108 Å². The van der Waals surface area contributed by atoms with E-state index in [9.17, 15) is 14.0 Å². The molecule has 0 unspecified atom stereocenters. The summed E-state index contributed by atoms with van der Waals surface area (Å²) in [7, 11) is 0. The number of hydrogen-bond donors (Lipinski definition) is 1. The first-order valence-corrected chi connectivity index (χ1v) is 14.2. The third-order valence-corrected chi connectivity index (χ3v) is 8.14. The number of aryl methyl sites for hydroxylation is 1. The number of hydrogen-bond acceptors (Lipinski definition) is 4. The fourth-order valence-corrected chi connectivity index (χ4v) is 6.06. The molecule has 1 aromatic heterocycles. The molecule has 0 spiro atoms. The Balaban J connectivity index is 1.27. The molecule has 0 radical (unpaired) electrons. The lowest BCUT2D eigenvalue weighted by Crippen LogP contribution is -2.27. The van der Waals surface area contributed by atoms with Gasteiger partial charge in [0.05, 0.1) is 10.6 Å². The van der Waals surface area contributed by atoms with E-state index in [2.05, 4.69) is 59.4 Å². The van der Waals surface area contributed by atoms with Crippen molar-refractivity contribution < 1.29 is 14.0 Å². The highest BCUT2D eigenvalue weighted by atomic mass is 32.2. The molecule has 8 heteroatoms. The number of nitrogens with zero attached hydrogens (tertiary/aromatic N) is 2. The smallest absolute Gasteiger partial charge is 0.270 e. The van der Waals surface area contributed by atoms with Crippen LogP contribution in [0.25, 0.3) is 17.0 Å². The SMILES string of the molecule is Cc1ccc(Cn2cc(/C=C3/SC(=S)N(c4cccc(C(=O)Nc5ccc(F)cc5)c4)C3=O)c3ccccc32)cc1. The zero-order chi connectivity index (χ0) is 28.5. The van der Waals surface area contributed by atoms with Crippen molar-refractivity contribution in [3.8, 4) is 0 Å². The standard InChI is InChI=1S/C33H24FN3O2S2/c1-21-9-11-22(12-10-21)19-36-20-24(28-7-2-3-8-29(28)36)18-30-32(39)37(33(40)41-30)27-6-4-5-23(17-27)31(38)35-26-15-13-25(34)14-16-26/h2-18,20H,19H2,1H3,(H,35,38)/b30-18+. The maximum Gasteiger partial charge on any atom is 0.270 e. The molecule has 2 amide bonds. The van der Waals surface area contributed by atoms with Gasteiger partial charge in [-0.2, -0.15) is 0 Å². The predicted molar refractivity (Wildman–Crippen MR) is 169 cm³/mol. The Bertz CT molecular complexity index is 1840. The van der Waals surface area contributed by atoms with Gasteiger partial charge < -0.3 is 9.88 Å². The van der Waals surface area contributed by atoms with Gasteiger partial charge in [0.15, 0.2) is 4.32 Å². The summed E-state index contributed by atoms with van der Waals surface area (Å²) in [6, 6.07) is 28.9. The van der Waals surface area contributed by atoms with E-state index in [-0.39, 0.29) is 17.6 Å². The van der Waals surface area contributed by atoms with Gasteiger partial charge in [-0.3, -0.25) is 14.5 Å². The zero-order valence-corrected chi connectivity index (χ0v) is 23.6. The molecular weight excluding hydrogens is 554 g/mol. The summed E-state index contributed by atoms with van der Waals surface area (Å²) in [5, 5.41) is 3.79. The largest absolute Gasteiger partial charge is 0.342 e. The highest BCUT2D eigenvalue weighted by Crippen LogP contribution is 2.37. The van der Waals surface area contributed by atoms with Crippen molar-refractivity contribution in [1.29, 1.82) is 0 Å². The first-order chi connectivity index (χ1) is 19.9. The van der Waals surface area contributed by atoms with Crippen LogP contribution in [0.5, 0.6) is 0 Å². The van der Waals surface area contributed by atoms with E-state index < -0.39 is 0 Å². The van der Waals surface area contributed by atoms with E-state index >= 15 is 0 Å². The molecule has 0 bridgehead atoms. The summed E-state index contributed by atoms with van der Waals surface area (Å²) in [5.74, 6) is -1.00. The highest BCUT2D eigenvalue weighted by Gasteiger charge is 2.34. The van der Waals surface area contributed by atoms with Crippen molar-refractivity contribution in [1.82, 2.24) is 4.57 Å². The number of rotatable bonds is 6. The second-order valence-electron chi connectivity index (χ2n) is 9.74. The summed E-state index contributed by atoms with van der Waals surface area (Å²) < 4.78 is 15.8. The summed E-state index contributed by atoms with van der Waals surface area (Å²) in [6.07, 6.45) is 3.95. The van der Waals surface area contributed by atoms with Crippen LogP contribution in [0.4, 0.5) is 15.8 Å². The number of halogens is 1. The average Bonchev–Trinajstić information content (AvgIpc) is 3.46. The topological polar surface area (TPSA) is 54.3 Å². The Labute approximate surface area is 246 Å². The van der Waals surface area contributed by atoms with Gasteiger partial charge in [0.25, 0.3) is 11.8 Å². The summed E-state index contributed by atoms with van der Waals surface area (Å²) >= 11 is 6.84. The fraction of sp³-hybridized carbons (Fsp3) is 0.0606. The van der Waals surface area contributed by atoms with Crippen LogP contribution in [0.2, 0.25) is 0 Å². The van der Waals surface area contributed by atoms with Crippen molar-refractivity contribution >= 4 is 68.5 Å². The number of para-hydroxylation sites is 1. The molecule has 2 heterocycles. The van der Waals surface area contributed by atoms with Gasteiger partial charge in [0.2, 0.25) is 0 Å². The van der Waals surface area contributed by atoms with Gasteiger partial charge in [0.1, 0.15) is 5.82 Å². The van der Waals surface area contributed by atoms with Gasteiger partial charge in [-0.25, -0.2) is 4.39 Å². The monoisotopic (exact) mass is 577 g/mol. The van der Waals surface area contributed by atoms with Crippen molar-refractivity contribution in [2.75, 3.05) is 10.2 Å². The predicted octanol–water partition coefficient (Wildman–Crippen LogP) is 7.80. The van der Waals surface area contributed by atoms with Gasteiger partial charge in [-0.1, -0.05) is 78.1 Å². The molecule has 1 fully saturated rings. The second-order valence-corrected chi connectivity index (χ2v) is 11.4. The second kappa shape index (κ2) is 11.2. The van der Waals surface area contributed by atoms with Crippen molar-refractivity contribution in [2.24, 2.45) is 0 Å². The molecule has 0 aliphatic carbocycles. The molecule has 1 aliphatic rings. The molecule has 202 valence electrons. The molecule has 0 atom stereocenters. The molecule has 1 N–H and O–H groups in total. The molecule has 0 saturated carbocycles. The Morgan fingerprint density at radius 3 is 2.51 bits per heavy atom. The normalized spacial score (nSPS) is 14.3. The van der Waals surface area contributed by atoms with Crippen LogP contribution in [0, 0.1) is 12.7 Å². The minimum atomic E-state index is -0.386. The lowest BCUT2D eigenvalue weighted by Gasteiger charge is -2.15. The van der Waals surface area contributed by atoms with Gasteiger partial charge in [-0.05, 0) is 67.1 Å². The molecular formula is C33H24FN3O2S2. The molecule has 6 rings (SSSR count). The fourth-order valence-electron chi connectivity index (χ4n) is 4.77. The number of nitrogens with one attached hydrogen (secondary N) is 1. The summed E-state index contributed by atoms with van der Waals surface area (Å²) in [5.41, 5.74) is 5.74. The van der Waals surface area contributed by atoms with Crippen LogP contribution in [-0.4, -0.2) is 20.7 Å². The first kappa shape index (κ1) is 26.7. The van der Waals surface area contributed by atoms with Crippen molar-refractivity contribution in [3.63, 3.8) is 0 Å². The van der Waals surface area contributed by atoms with Crippen LogP contribution < -0.4 is 10.2 Å². The van der Waals surface area contributed by atoms with E-state index in [0.29, 0.717) is 32.7 Å². The number of anilines is 2. The van der Waals surface area contributed by atoms with Gasteiger partial charge in [-0.15, -0.1) is 0 Å². The Kier molecular flexibility index (Phi) is 7.26. The number of thioether (sulfide) groups is 1. The van der Waals surface area contributed by atoms with Crippen molar-refractivity contribution in [2.45, 2.75) is 13.5 Å². The number of fused-ring (bicyclic) bond motifs is 1. The zero-order valence-electron chi connectivity index (χ0n) is 22.0. The Hall–Kier alpha value is -4.53. The molecule has 5 nitrogen and oxygen atoms in total. The number of carbonyl (C=O) groups excluding carboxylic acids is 2. The van der Waals surface area contributed by atoms with Gasteiger partial charge >= 0.3 is 0 Å². The van der Waals surface area contributed by atoms with Crippen molar-refractivity contribution in [3.05, 3.63) is 136 Å². The van der Waals surface area contributed by atoms with E-state index in [1.807, 2.05) is 18.2 Å². The summed E-state index contributed by atoms with van der Waals surface area (Å²) in [6.45, 7) is 2.78. The minimum absolute atomic E-state index is 0.244. The maximum absolute atomic E-state index is 13.6. The lowest BCUT2D eigenvalue weighted by molar-refractivity contribution is -0.113. The van der Waals surface area contributed by atoms with Gasteiger partial charge in [0, 0.05) is 40.5 Å². The Morgan fingerprint density at radius 1 is 0.976 bits per heavy atom. The summed E-state index contributed by atoms with van der Waals surface area (Å²) in [4.78, 5) is 28.4. The van der Waals surface area contributed by atoms with E-state index in [0.717, 1.165) is 16.5 Å². The molecule has 1 aliphatic heterocycles. The third-order valence-electron chi connectivity index (χ3n) is 6.84. The minimum Gasteiger partial charge on any atom is -0.342 e. The molecule has 4 aromatic carbocycles. The molecule has 1 saturated heterocycles. The van der Waals surface area contributed by atoms with E-state index in [1.54, 1.807) is 24.3 Å². The maximum atomic E-state index is 13.6. The number of amides is 2. The third kappa shape index (κ3) is 5.57. The van der Waals surface area contributed by atoms with Crippen LogP contribution >= 0.6 is 24.0 Å². The van der Waals surface area contributed by atoms with E-state index in [1.165, 1.54) is 52.1 Å². The number of thiocarbonyl (C=S) groups is 1. The average molecular weight is 578 g/mol. The molecule has 41 heavy (non-hydrogen) atoms. The number of aromatic nitrogens is 1. The van der Waals surface area contributed by atoms with E-state index in [4.69, 9.17) is 12.2 Å². The number of benzene rings is 4.